The molecule has 0 amide bonds. The van der Waals surface area contributed by atoms with E-state index in [2.05, 4.69) is 37.3 Å². The monoisotopic (exact) mass is 332 g/mol. The fourth-order valence-electron chi connectivity index (χ4n) is 1.92. The van der Waals surface area contributed by atoms with E-state index in [0.717, 1.165) is 0 Å². The van der Waals surface area contributed by atoms with Crippen LogP contribution in [0.4, 0.5) is 0 Å². The first-order chi connectivity index (χ1) is 7.81. The first kappa shape index (κ1) is 14.5. The first-order valence-corrected chi connectivity index (χ1v) is 11.9. The molecule has 2 rings (SSSR count). The molecule has 1 aliphatic rings. The summed E-state index contributed by atoms with van der Waals surface area (Å²) < 4.78 is 0. The van der Waals surface area contributed by atoms with E-state index >= 15 is 0 Å². The van der Waals surface area contributed by atoms with Gasteiger partial charge in [0.2, 0.25) is 0 Å². The Kier molecular flexibility index (Phi) is 7.70. The molecular formula is C13H16Cl2Zr. The van der Waals surface area contributed by atoms with Crippen molar-refractivity contribution in [1.29, 1.82) is 0 Å². The third-order valence-electron chi connectivity index (χ3n) is 2.68. The SMILES string of the molecule is CCCCC1=Cc2ccccc2C1.[Cl][Zr][Cl]. The van der Waals surface area contributed by atoms with E-state index in [0.29, 0.717) is 0 Å². The zero-order valence-electron chi connectivity index (χ0n) is 9.47. The van der Waals surface area contributed by atoms with Crippen molar-refractivity contribution in [3.05, 3.63) is 41.0 Å². The molecule has 0 N–H and O–H groups in total. The van der Waals surface area contributed by atoms with Crippen molar-refractivity contribution in [3.63, 3.8) is 0 Å². The molecule has 0 unspecified atom stereocenters. The normalized spacial score (nSPS) is 12.3. The van der Waals surface area contributed by atoms with Crippen molar-refractivity contribution in [2.45, 2.75) is 32.6 Å². The molecule has 16 heavy (non-hydrogen) atoms. The van der Waals surface area contributed by atoms with Gasteiger partial charge in [-0.25, -0.2) is 0 Å². The molecule has 0 fully saturated rings. The van der Waals surface area contributed by atoms with E-state index in [4.69, 9.17) is 17.0 Å². The summed E-state index contributed by atoms with van der Waals surface area (Å²) in [6.07, 6.45) is 7.47. The summed E-state index contributed by atoms with van der Waals surface area (Å²) in [6.45, 7) is 2.25. The van der Waals surface area contributed by atoms with Gasteiger partial charge in [-0.1, -0.05) is 49.3 Å². The zero-order valence-corrected chi connectivity index (χ0v) is 13.4. The van der Waals surface area contributed by atoms with Crippen molar-refractivity contribution >= 4 is 23.1 Å². The van der Waals surface area contributed by atoms with Gasteiger partial charge >= 0.3 is 37.9 Å². The molecule has 0 saturated heterocycles. The molecule has 0 radical (unpaired) electrons. The molecule has 0 heterocycles. The summed E-state index contributed by atoms with van der Waals surface area (Å²) in [7, 11) is 9.87. The average molecular weight is 334 g/mol. The summed E-state index contributed by atoms with van der Waals surface area (Å²) in [4.78, 5) is 0. The van der Waals surface area contributed by atoms with Gasteiger partial charge in [-0.2, -0.15) is 0 Å². The van der Waals surface area contributed by atoms with E-state index in [-0.39, 0.29) is 0 Å². The van der Waals surface area contributed by atoms with Crippen LogP contribution >= 0.6 is 17.0 Å². The second kappa shape index (κ2) is 8.50. The number of rotatable bonds is 3. The van der Waals surface area contributed by atoms with E-state index in [1.54, 1.807) is 5.57 Å². The van der Waals surface area contributed by atoms with Gasteiger partial charge in [0.15, 0.2) is 0 Å². The van der Waals surface area contributed by atoms with Crippen LogP contribution in [-0.2, 0) is 27.3 Å². The molecule has 0 spiro atoms. The van der Waals surface area contributed by atoms with Gasteiger partial charge in [-0.3, -0.25) is 0 Å². The van der Waals surface area contributed by atoms with E-state index in [1.165, 1.54) is 36.8 Å². The van der Waals surface area contributed by atoms with Crippen LogP contribution in [0.15, 0.2) is 29.8 Å². The van der Waals surface area contributed by atoms with Crippen LogP contribution < -0.4 is 0 Å². The van der Waals surface area contributed by atoms with Crippen LogP contribution in [0.1, 0.15) is 37.3 Å². The molecule has 0 bridgehead atoms. The van der Waals surface area contributed by atoms with Crippen LogP contribution in [0.5, 0.6) is 0 Å². The maximum atomic E-state index is 4.93. The Morgan fingerprint density at radius 1 is 1.25 bits per heavy atom. The third-order valence-corrected chi connectivity index (χ3v) is 2.68. The molecule has 0 nitrogen and oxygen atoms in total. The van der Waals surface area contributed by atoms with Crippen LogP contribution in [0.2, 0.25) is 0 Å². The van der Waals surface area contributed by atoms with Gasteiger partial charge in [-0.05, 0) is 30.4 Å². The number of hydrogen-bond donors (Lipinski definition) is 0. The first-order valence-electron chi connectivity index (χ1n) is 5.55. The van der Waals surface area contributed by atoms with Crippen LogP contribution in [0, 0.1) is 0 Å². The van der Waals surface area contributed by atoms with Crippen molar-refractivity contribution in [2.24, 2.45) is 0 Å². The minimum absolute atomic E-state index is 0.826. The van der Waals surface area contributed by atoms with E-state index in [1.807, 2.05) is 0 Å². The number of halogens is 2. The number of hydrogen-bond acceptors (Lipinski definition) is 0. The fourth-order valence-corrected chi connectivity index (χ4v) is 1.92. The van der Waals surface area contributed by atoms with Gasteiger partial charge in [0.1, 0.15) is 0 Å². The molecule has 0 aliphatic heterocycles. The Balaban J connectivity index is 0.000000386. The summed E-state index contributed by atoms with van der Waals surface area (Å²) in [5, 5.41) is 0. The number of benzene rings is 1. The Hall–Kier alpha value is 0.423. The summed E-state index contributed by atoms with van der Waals surface area (Å²) in [6, 6.07) is 8.71. The number of allylic oxidation sites excluding steroid dienone is 1. The zero-order chi connectivity index (χ0) is 11.8. The Bertz CT molecular complexity index is 348. The van der Waals surface area contributed by atoms with Crippen LogP contribution in [0.3, 0.4) is 0 Å². The van der Waals surface area contributed by atoms with Crippen molar-refractivity contribution in [2.75, 3.05) is 0 Å². The average Bonchev–Trinajstić information content (AvgIpc) is 2.70. The minimum atomic E-state index is -0.826. The molecule has 0 atom stereocenters. The standard InChI is InChI=1S/C13H16.2ClH.Zr/c1-2-3-6-11-9-12-7-4-5-8-13(12)10-11;;;/h4-5,7-9H,2-3,6,10H2,1H3;2*1H;/q;;;+2/p-2. The van der Waals surface area contributed by atoms with Gasteiger partial charge in [-0.15, -0.1) is 0 Å². The number of unbranched alkanes of at least 4 members (excludes halogenated alkanes) is 1. The van der Waals surface area contributed by atoms with E-state index in [9.17, 15) is 0 Å². The quantitative estimate of drug-likeness (QED) is 0.713. The van der Waals surface area contributed by atoms with Gasteiger partial charge in [0, 0.05) is 0 Å². The fraction of sp³-hybridized carbons (Fsp3) is 0.385. The molecule has 86 valence electrons. The molecule has 3 heteroatoms. The summed E-state index contributed by atoms with van der Waals surface area (Å²) in [5.41, 5.74) is 4.56. The summed E-state index contributed by atoms with van der Waals surface area (Å²) >= 11 is -0.826. The Morgan fingerprint density at radius 2 is 1.94 bits per heavy atom. The molecule has 0 aromatic heterocycles. The Morgan fingerprint density at radius 3 is 2.56 bits per heavy atom. The molecule has 1 aromatic carbocycles. The second-order valence-electron chi connectivity index (χ2n) is 3.85. The van der Waals surface area contributed by atoms with Crippen molar-refractivity contribution < 1.29 is 20.8 Å². The third kappa shape index (κ3) is 4.74. The van der Waals surface area contributed by atoms with Crippen LogP contribution in [-0.4, -0.2) is 0 Å². The topological polar surface area (TPSA) is 0 Å². The van der Waals surface area contributed by atoms with Gasteiger partial charge < -0.3 is 0 Å². The van der Waals surface area contributed by atoms with E-state index < -0.39 is 20.8 Å². The second-order valence-corrected chi connectivity index (χ2v) is 7.58. The number of fused-ring (bicyclic) bond motifs is 1. The van der Waals surface area contributed by atoms with Gasteiger partial charge in [0.05, 0.1) is 0 Å². The molecule has 0 saturated carbocycles. The van der Waals surface area contributed by atoms with Crippen molar-refractivity contribution in [3.8, 4) is 0 Å². The van der Waals surface area contributed by atoms with Crippen LogP contribution in [0.25, 0.3) is 6.08 Å². The molecular weight excluding hydrogens is 318 g/mol. The van der Waals surface area contributed by atoms with Crippen molar-refractivity contribution in [1.82, 2.24) is 0 Å². The predicted molar refractivity (Wildman–Crippen MR) is 69.4 cm³/mol. The molecule has 1 aromatic rings. The van der Waals surface area contributed by atoms with Gasteiger partial charge in [0.25, 0.3) is 0 Å². The molecule has 1 aliphatic carbocycles. The predicted octanol–water partition coefficient (Wildman–Crippen LogP) is 5.19. The summed E-state index contributed by atoms with van der Waals surface area (Å²) in [5.74, 6) is 0. The maximum absolute atomic E-state index is 4.93. The Labute approximate surface area is 117 Å².